The summed E-state index contributed by atoms with van der Waals surface area (Å²) in [4.78, 5) is 27.9. The Morgan fingerprint density at radius 2 is 1.88 bits per heavy atom. The summed E-state index contributed by atoms with van der Waals surface area (Å²) in [5.74, 6) is 0.377. The number of rotatable bonds is 6. The molecular formula is C24H30N4O5S. The summed E-state index contributed by atoms with van der Waals surface area (Å²) < 4.78 is 28.7. The van der Waals surface area contributed by atoms with Crippen LogP contribution in [-0.2, 0) is 20.2 Å². The number of nitrogens with one attached hydrogen (secondary N) is 2. The zero-order valence-corrected chi connectivity index (χ0v) is 21.0. The van der Waals surface area contributed by atoms with Crippen LogP contribution in [0.1, 0.15) is 45.2 Å². The van der Waals surface area contributed by atoms with Crippen LogP contribution in [0.4, 0.5) is 10.5 Å². The zero-order chi connectivity index (χ0) is 25.3. The van der Waals surface area contributed by atoms with E-state index in [-0.39, 0.29) is 24.3 Å². The van der Waals surface area contributed by atoms with Gasteiger partial charge in [-0.25, -0.2) is 18.0 Å². The minimum atomic E-state index is -3.47. The largest absolute Gasteiger partial charge is 0.496 e. The highest BCUT2D eigenvalue weighted by atomic mass is 32.2. The van der Waals surface area contributed by atoms with Crippen molar-refractivity contribution in [2.45, 2.75) is 39.5 Å². The number of urea groups is 1. The number of anilines is 1. The van der Waals surface area contributed by atoms with E-state index >= 15 is 0 Å². The monoisotopic (exact) mass is 486 g/mol. The number of carbonyl (C=O) groups is 2. The van der Waals surface area contributed by atoms with Gasteiger partial charge in [0.05, 0.1) is 19.1 Å². The van der Waals surface area contributed by atoms with Crippen LogP contribution in [0.15, 0.2) is 41.5 Å². The number of nitrogens with zero attached hydrogens (tertiary/aromatic N) is 2. The number of amides is 3. The molecule has 0 aromatic heterocycles. The Morgan fingerprint density at radius 1 is 1.18 bits per heavy atom. The van der Waals surface area contributed by atoms with E-state index in [1.165, 1.54) is 0 Å². The normalized spacial score (nSPS) is 15.2. The molecule has 3 amide bonds. The molecule has 0 unspecified atom stereocenters. The lowest BCUT2D eigenvalue weighted by Gasteiger charge is -2.31. The fraction of sp³-hybridized carbons (Fsp3) is 0.375. The van der Waals surface area contributed by atoms with E-state index in [0.717, 1.165) is 28.5 Å². The van der Waals surface area contributed by atoms with Gasteiger partial charge in [-0.05, 0) is 41.7 Å². The summed E-state index contributed by atoms with van der Waals surface area (Å²) in [5.41, 5.74) is 4.05. The molecule has 9 nitrogen and oxygen atoms in total. The number of hydrogen-bond donors (Lipinski definition) is 2. The average Bonchev–Trinajstić information content (AvgIpc) is 2.75. The van der Waals surface area contributed by atoms with Crippen LogP contribution in [0.5, 0.6) is 5.75 Å². The summed E-state index contributed by atoms with van der Waals surface area (Å²) in [6.45, 7) is 8.16. The van der Waals surface area contributed by atoms with Gasteiger partial charge in [-0.1, -0.05) is 39.0 Å². The van der Waals surface area contributed by atoms with Gasteiger partial charge in [0.25, 0.3) is 0 Å². The second-order valence-electron chi connectivity index (χ2n) is 9.22. The fourth-order valence-corrected chi connectivity index (χ4v) is 4.00. The van der Waals surface area contributed by atoms with Crippen molar-refractivity contribution >= 4 is 33.4 Å². The first kappa shape index (κ1) is 25.2. The van der Waals surface area contributed by atoms with Crippen molar-refractivity contribution in [1.82, 2.24) is 10.1 Å². The van der Waals surface area contributed by atoms with Gasteiger partial charge < -0.3 is 4.74 Å². The van der Waals surface area contributed by atoms with Crippen molar-refractivity contribution < 1.29 is 22.7 Å². The molecule has 34 heavy (non-hydrogen) atoms. The average molecular weight is 487 g/mol. The number of hydrazone groups is 1. The highest BCUT2D eigenvalue weighted by molar-refractivity contribution is 7.88. The number of benzene rings is 2. The summed E-state index contributed by atoms with van der Waals surface area (Å²) in [5, 5.41) is 6.33. The highest BCUT2D eigenvalue weighted by Gasteiger charge is 2.29. The molecule has 0 atom stereocenters. The third-order valence-corrected chi connectivity index (χ3v) is 5.84. The Balaban J connectivity index is 2.17. The molecular weight excluding hydrogens is 456 g/mol. The molecule has 1 fully saturated rings. The van der Waals surface area contributed by atoms with Gasteiger partial charge in [0.2, 0.25) is 15.9 Å². The van der Waals surface area contributed by atoms with E-state index in [2.05, 4.69) is 36.0 Å². The Kier molecular flexibility index (Phi) is 7.02. The van der Waals surface area contributed by atoms with E-state index in [0.29, 0.717) is 17.1 Å². The molecule has 1 aliphatic heterocycles. The standard InChI is InChI=1S/C24H30N4O5S/c1-15(26-27-34(6,31)32)16-8-7-9-17(12-16)19-13-18(28-11-10-21(29)25-23(28)30)14-20(22(19)33-5)24(2,3)4/h7-9,12-14,27H,10-11H2,1-6H3,(H,25,29,30). The van der Waals surface area contributed by atoms with Crippen LogP contribution in [0.2, 0.25) is 0 Å². The topological polar surface area (TPSA) is 117 Å². The fourth-order valence-electron chi connectivity index (χ4n) is 3.70. The lowest BCUT2D eigenvalue weighted by molar-refractivity contribution is -0.120. The Hall–Kier alpha value is -3.40. The van der Waals surface area contributed by atoms with Crippen molar-refractivity contribution in [3.63, 3.8) is 0 Å². The molecule has 182 valence electrons. The minimum absolute atomic E-state index is 0.219. The number of imide groups is 1. The van der Waals surface area contributed by atoms with Gasteiger partial charge in [0.15, 0.2) is 0 Å². The number of methoxy groups -OCH3 is 1. The van der Waals surface area contributed by atoms with E-state index in [4.69, 9.17) is 4.74 Å². The first-order valence-electron chi connectivity index (χ1n) is 10.8. The highest BCUT2D eigenvalue weighted by Crippen LogP contribution is 2.43. The molecule has 2 N–H and O–H groups in total. The molecule has 0 saturated carbocycles. The molecule has 3 rings (SSSR count). The van der Waals surface area contributed by atoms with Gasteiger partial charge in [0.1, 0.15) is 5.75 Å². The quantitative estimate of drug-likeness (QED) is 0.480. The van der Waals surface area contributed by atoms with Crippen LogP contribution in [0.3, 0.4) is 0 Å². The van der Waals surface area contributed by atoms with Gasteiger partial charge in [-0.2, -0.15) is 5.10 Å². The molecule has 2 aromatic rings. The predicted molar refractivity (Wildman–Crippen MR) is 133 cm³/mol. The van der Waals surface area contributed by atoms with Crippen molar-refractivity contribution in [3.8, 4) is 16.9 Å². The van der Waals surface area contributed by atoms with Crippen LogP contribution < -0.4 is 19.8 Å². The van der Waals surface area contributed by atoms with Crippen LogP contribution >= 0.6 is 0 Å². The lowest BCUT2D eigenvalue weighted by atomic mass is 9.83. The third-order valence-electron chi connectivity index (χ3n) is 5.42. The molecule has 10 heteroatoms. The molecule has 1 saturated heterocycles. The molecule has 0 radical (unpaired) electrons. The summed E-state index contributed by atoms with van der Waals surface area (Å²) in [7, 11) is -1.87. The first-order valence-corrected chi connectivity index (χ1v) is 12.6. The Morgan fingerprint density at radius 3 is 2.47 bits per heavy atom. The molecule has 1 aliphatic rings. The maximum Gasteiger partial charge on any atom is 0.328 e. The number of sulfonamides is 1. The minimum Gasteiger partial charge on any atom is -0.496 e. The van der Waals surface area contributed by atoms with E-state index < -0.39 is 16.1 Å². The second-order valence-corrected chi connectivity index (χ2v) is 10.9. The number of hydrogen-bond acceptors (Lipinski definition) is 6. The van der Waals surface area contributed by atoms with Crippen molar-refractivity contribution in [2.24, 2.45) is 5.10 Å². The summed E-state index contributed by atoms with van der Waals surface area (Å²) in [6, 6.07) is 10.8. The predicted octanol–water partition coefficient (Wildman–Crippen LogP) is 3.38. The first-order chi connectivity index (χ1) is 15.8. The summed E-state index contributed by atoms with van der Waals surface area (Å²) >= 11 is 0. The SMILES string of the molecule is COc1c(-c2cccc(C(C)=NNS(C)(=O)=O)c2)cc(N2CCC(=O)NC2=O)cc1C(C)(C)C. The Bertz CT molecular complexity index is 1260. The second kappa shape index (κ2) is 9.46. The van der Waals surface area contributed by atoms with Gasteiger partial charge in [-0.3, -0.25) is 15.0 Å². The molecule has 2 aromatic carbocycles. The van der Waals surface area contributed by atoms with Crippen molar-refractivity contribution in [3.05, 3.63) is 47.5 Å². The maximum absolute atomic E-state index is 12.6. The van der Waals surface area contributed by atoms with Crippen LogP contribution in [0.25, 0.3) is 11.1 Å². The third kappa shape index (κ3) is 5.74. The van der Waals surface area contributed by atoms with Gasteiger partial charge in [0, 0.05) is 29.8 Å². The number of ether oxygens (including phenoxy) is 1. The van der Waals surface area contributed by atoms with Crippen molar-refractivity contribution in [2.75, 3.05) is 24.8 Å². The summed E-state index contributed by atoms with van der Waals surface area (Å²) in [6.07, 6.45) is 1.26. The van der Waals surface area contributed by atoms with Crippen molar-refractivity contribution in [1.29, 1.82) is 0 Å². The van der Waals surface area contributed by atoms with Crippen LogP contribution in [-0.4, -0.2) is 46.0 Å². The van der Waals surface area contributed by atoms with Gasteiger partial charge in [-0.15, -0.1) is 0 Å². The van der Waals surface area contributed by atoms with Gasteiger partial charge >= 0.3 is 6.03 Å². The number of carbonyl (C=O) groups excluding carboxylic acids is 2. The molecule has 0 aliphatic carbocycles. The Labute approximate surface area is 200 Å². The molecule has 1 heterocycles. The lowest BCUT2D eigenvalue weighted by Crippen LogP contribution is -2.49. The van der Waals surface area contributed by atoms with Crippen LogP contribution in [0, 0.1) is 0 Å². The molecule has 0 spiro atoms. The van der Waals surface area contributed by atoms with E-state index in [1.54, 1.807) is 18.9 Å². The molecule has 0 bridgehead atoms. The zero-order valence-electron chi connectivity index (χ0n) is 20.2. The van der Waals surface area contributed by atoms with E-state index in [9.17, 15) is 18.0 Å². The smallest absolute Gasteiger partial charge is 0.328 e. The maximum atomic E-state index is 12.6. The van der Waals surface area contributed by atoms with E-state index in [1.807, 2.05) is 36.4 Å².